The second kappa shape index (κ2) is 9.31. The number of rotatable bonds is 7. The van der Waals surface area contributed by atoms with E-state index in [0.717, 1.165) is 35.9 Å². The molecule has 10 heteroatoms. The van der Waals surface area contributed by atoms with Crippen molar-refractivity contribution in [1.29, 1.82) is 0 Å². The summed E-state index contributed by atoms with van der Waals surface area (Å²) in [6.07, 6.45) is 0. The van der Waals surface area contributed by atoms with Gasteiger partial charge in [0, 0.05) is 11.6 Å². The van der Waals surface area contributed by atoms with Crippen molar-refractivity contribution in [2.24, 2.45) is 0 Å². The van der Waals surface area contributed by atoms with E-state index < -0.39 is 32.2 Å². The lowest BCUT2D eigenvalue weighted by Gasteiger charge is -2.15. The lowest BCUT2D eigenvalue weighted by molar-refractivity contribution is 0.102. The van der Waals surface area contributed by atoms with E-state index in [0.29, 0.717) is 11.5 Å². The summed E-state index contributed by atoms with van der Waals surface area (Å²) in [5.74, 6) is -4.34. The fourth-order valence-corrected chi connectivity index (χ4v) is 3.54. The average molecular weight is 465 g/mol. The number of hydrogen-bond acceptors (Lipinski definition) is 5. The summed E-state index contributed by atoms with van der Waals surface area (Å²) in [5, 5.41) is 2.42. The minimum Gasteiger partial charge on any atom is -0.493 e. The van der Waals surface area contributed by atoms with Crippen molar-refractivity contribution in [1.82, 2.24) is 0 Å². The van der Waals surface area contributed by atoms with E-state index in [9.17, 15) is 26.4 Å². The summed E-state index contributed by atoms with van der Waals surface area (Å²) in [7, 11) is -3.43. The Morgan fingerprint density at radius 3 is 2.38 bits per heavy atom. The van der Waals surface area contributed by atoms with E-state index in [1.807, 2.05) is 6.92 Å². The standard InChI is InChI=1S/C22H18F3NO5S/c1-13-6-8-19(20(10-13)30-2)31-18-9-7-15(23)12-17(18)26-21(27)14-4-3-5-16(11-14)32(28,29)22(24)25/h3-12,22H,1-2H3,(H,26,27). The number of ether oxygens (including phenoxy) is 2. The molecule has 3 aromatic carbocycles. The molecule has 0 aliphatic carbocycles. The summed E-state index contributed by atoms with van der Waals surface area (Å²) in [6, 6.07) is 12.7. The van der Waals surface area contributed by atoms with E-state index in [1.54, 1.807) is 18.2 Å². The maximum absolute atomic E-state index is 13.9. The number of halogens is 3. The highest BCUT2D eigenvalue weighted by atomic mass is 32.2. The fraction of sp³-hybridized carbons (Fsp3) is 0.136. The van der Waals surface area contributed by atoms with Gasteiger partial charge in [0.05, 0.1) is 17.7 Å². The Balaban J connectivity index is 1.92. The lowest BCUT2D eigenvalue weighted by atomic mass is 10.2. The van der Waals surface area contributed by atoms with Gasteiger partial charge in [0.15, 0.2) is 17.2 Å². The first-order chi connectivity index (χ1) is 15.1. The number of benzene rings is 3. The van der Waals surface area contributed by atoms with Crippen LogP contribution in [0.4, 0.5) is 18.9 Å². The quantitative estimate of drug-likeness (QED) is 0.520. The van der Waals surface area contributed by atoms with Gasteiger partial charge >= 0.3 is 5.76 Å². The number of sulfone groups is 1. The first-order valence-corrected chi connectivity index (χ1v) is 10.7. The first kappa shape index (κ1) is 23.1. The Bertz CT molecular complexity index is 1260. The van der Waals surface area contributed by atoms with Crippen molar-refractivity contribution >= 4 is 21.4 Å². The molecule has 0 aliphatic rings. The van der Waals surface area contributed by atoms with Crippen molar-refractivity contribution in [3.05, 3.63) is 77.6 Å². The molecule has 3 rings (SSSR count). The maximum atomic E-state index is 13.9. The zero-order valence-electron chi connectivity index (χ0n) is 16.9. The minimum atomic E-state index is -4.88. The number of carbonyl (C=O) groups excluding carboxylic acids is 1. The van der Waals surface area contributed by atoms with Crippen LogP contribution in [-0.4, -0.2) is 27.2 Å². The third kappa shape index (κ3) is 5.02. The molecule has 0 radical (unpaired) electrons. The Kier molecular flexibility index (Phi) is 6.73. The second-order valence-electron chi connectivity index (χ2n) is 6.68. The normalized spacial score (nSPS) is 11.3. The fourth-order valence-electron chi connectivity index (χ4n) is 2.78. The highest BCUT2D eigenvalue weighted by Crippen LogP contribution is 2.36. The summed E-state index contributed by atoms with van der Waals surface area (Å²) < 4.78 is 73.9. The summed E-state index contributed by atoms with van der Waals surface area (Å²) >= 11 is 0. The monoisotopic (exact) mass is 465 g/mol. The first-order valence-electron chi connectivity index (χ1n) is 9.17. The molecular weight excluding hydrogens is 447 g/mol. The molecule has 6 nitrogen and oxygen atoms in total. The van der Waals surface area contributed by atoms with E-state index >= 15 is 0 Å². The van der Waals surface area contributed by atoms with Crippen molar-refractivity contribution in [3.8, 4) is 17.2 Å². The van der Waals surface area contributed by atoms with E-state index in [1.165, 1.54) is 19.2 Å². The molecule has 0 unspecified atom stereocenters. The predicted molar refractivity (Wildman–Crippen MR) is 112 cm³/mol. The Labute approximate surface area is 182 Å². The van der Waals surface area contributed by atoms with Gasteiger partial charge in [0.1, 0.15) is 5.82 Å². The van der Waals surface area contributed by atoms with Crippen LogP contribution in [0, 0.1) is 12.7 Å². The molecule has 0 aliphatic heterocycles. The number of hydrogen-bond donors (Lipinski definition) is 1. The topological polar surface area (TPSA) is 81.7 Å². The highest BCUT2D eigenvalue weighted by Gasteiger charge is 2.27. The molecule has 0 atom stereocenters. The van der Waals surface area contributed by atoms with Crippen molar-refractivity contribution in [2.45, 2.75) is 17.6 Å². The molecule has 0 fully saturated rings. The predicted octanol–water partition coefficient (Wildman–Crippen LogP) is 5.18. The smallest absolute Gasteiger partial charge is 0.341 e. The number of methoxy groups -OCH3 is 1. The third-order valence-corrected chi connectivity index (χ3v) is 5.77. The van der Waals surface area contributed by atoms with Gasteiger partial charge in [-0.2, -0.15) is 8.78 Å². The zero-order valence-corrected chi connectivity index (χ0v) is 17.8. The van der Waals surface area contributed by atoms with Crippen LogP contribution in [0.3, 0.4) is 0 Å². The molecule has 3 aromatic rings. The minimum absolute atomic E-state index is 0.0558. The van der Waals surface area contributed by atoms with Crippen molar-refractivity contribution in [2.75, 3.05) is 12.4 Å². The number of carbonyl (C=O) groups is 1. The number of alkyl halides is 2. The van der Waals surface area contributed by atoms with Gasteiger partial charge in [-0.1, -0.05) is 12.1 Å². The van der Waals surface area contributed by atoms with Gasteiger partial charge in [0.2, 0.25) is 9.84 Å². The molecule has 0 aromatic heterocycles. The van der Waals surface area contributed by atoms with Crippen molar-refractivity contribution in [3.63, 3.8) is 0 Å². The third-order valence-electron chi connectivity index (χ3n) is 4.39. The molecule has 32 heavy (non-hydrogen) atoms. The van der Waals surface area contributed by atoms with Crippen molar-refractivity contribution < 1.29 is 35.9 Å². The van der Waals surface area contributed by atoms with Crippen LogP contribution in [0.2, 0.25) is 0 Å². The molecule has 0 heterocycles. The van der Waals surface area contributed by atoms with Crippen LogP contribution in [0.25, 0.3) is 0 Å². The second-order valence-corrected chi connectivity index (χ2v) is 8.60. The number of amides is 1. The van der Waals surface area contributed by atoms with Crippen LogP contribution in [-0.2, 0) is 9.84 Å². The summed E-state index contributed by atoms with van der Waals surface area (Å²) in [6.45, 7) is 1.86. The Morgan fingerprint density at radius 1 is 0.969 bits per heavy atom. The molecule has 0 spiro atoms. The van der Waals surface area contributed by atoms with E-state index in [2.05, 4.69) is 5.32 Å². The van der Waals surface area contributed by atoms with Gasteiger partial charge in [0.25, 0.3) is 5.91 Å². The molecule has 1 N–H and O–H groups in total. The van der Waals surface area contributed by atoms with Crippen LogP contribution in [0.1, 0.15) is 15.9 Å². The SMILES string of the molecule is COc1cc(C)ccc1Oc1ccc(F)cc1NC(=O)c1cccc(S(=O)(=O)C(F)F)c1. The molecule has 0 saturated heterocycles. The van der Waals surface area contributed by atoms with Gasteiger partial charge in [-0.25, -0.2) is 12.8 Å². The number of nitrogens with one attached hydrogen (secondary N) is 1. The molecule has 168 valence electrons. The van der Waals surface area contributed by atoms with E-state index in [-0.39, 0.29) is 17.0 Å². The summed E-state index contributed by atoms with van der Waals surface area (Å²) in [5.41, 5.74) is 0.648. The zero-order chi connectivity index (χ0) is 23.5. The lowest BCUT2D eigenvalue weighted by Crippen LogP contribution is -2.15. The van der Waals surface area contributed by atoms with Crippen LogP contribution in [0.5, 0.6) is 17.2 Å². The highest BCUT2D eigenvalue weighted by molar-refractivity contribution is 7.91. The Morgan fingerprint density at radius 2 is 1.69 bits per heavy atom. The maximum Gasteiger partial charge on any atom is 0.341 e. The average Bonchev–Trinajstić information content (AvgIpc) is 2.76. The van der Waals surface area contributed by atoms with Crippen LogP contribution in [0.15, 0.2) is 65.6 Å². The van der Waals surface area contributed by atoms with E-state index in [4.69, 9.17) is 9.47 Å². The van der Waals surface area contributed by atoms with Gasteiger partial charge in [-0.3, -0.25) is 4.79 Å². The Hall–Kier alpha value is -3.53. The number of anilines is 1. The van der Waals surface area contributed by atoms with Crippen LogP contribution >= 0.6 is 0 Å². The van der Waals surface area contributed by atoms with Crippen LogP contribution < -0.4 is 14.8 Å². The van der Waals surface area contributed by atoms with Gasteiger partial charge < -0.3 is 14.8 Å². The molecule has 0 saturated carbocycles. The molecule has 1 amide bonds. The summed E-state index contributed by atoms with van der Waals surface area (Å²) in [4.78, 5) is 11.9. The van der Waals surface area contributed by atoms with Gasteiger partial charge in [-0.05, 0) is 55.0 Å². The molecule has 0 bridgehead atoms. The largest absolute Gasteiger partial charge is 0.493 e. The number of aryl methyl sites for hydroxylation is 1. The van der Waals surface area contributed by atoms with Gasteiger partial charge in [-0.15, -0.1) is 0 Å². The molecular formula is C22H18F3NO5S.